The van der Waals surface area contributed by atoms with E-state index >= 15 is 0 Å². The van der Waals surface area contributed by atoms with E-state index in [-0.39, 0.29) is 24.0 Å². The number of nitrogens with one attached hydrogen (secondary N) is 2. The largest absolute Gasteiger partial charge is 0.380 e. The molecule has 1 saturated carbocycles. The van der Waals surface area contributed by atoms with Crippen molar-refractivity contribution in [2.24, 2.45) is 16.8 Å². The maximum atomic E-state index is 5.33. The molecule has 0 aliphatic heterocycles. The van der Waals surface area contributed by atoms with Crippen molar-refractivity contribution in [3.8, 4) is 0 Å². The minimum atomic E-state index is 0. The molecular weight excluding hydrogens is 365 g/mol. The van der Waals surface area contributed by atoms with E-state index in [4.69, 9.17) is 9.73 Å². The van der Waals surface area contributed by atoms with Crippen molar-refractivity contribution >= 4 is 29.9 Å². The van der Waals surface area contributed by atoms with Crippen molar-refractivity contribution in [1.82, 2.24) is 10.6 Å². The second kappa shape index (κ2) is 12.7. The lowest BCUT2D eigenvalue weighted by molar-refractivity contribution is 0.152. The van der Waals surface area contributed by atoms with Gasteiger partial charge in [0.25, 0.3) is 0 Å². The van der Waals surface area contributed by atoms with Gasteiger partial charge in [0.2, 0.25) is 0 Å². The van der Waals surface area contributed by atoms with E-state index in [0.717, 1.165) is 50.6 Å². The van der Waals surface area contributed by atoms with Crippen LogP contribution in [0.4, 0.5) is 0 Å². The highest BCUT2D eigenvalue weighted by atomic mass is 127. The van der Waals surface area contributed by atoms with Crippen LogP contribution in [0.25, 0.3) is 0 Å². The summed E-state index contributed by atoms with van der Waals surface area (Å²) in [6, 6.07) is 0. The van der Waals surface area contributed by atoms with E-state index in [9.17, 15) is 0 Å². The standard InChI is InChI=1S/C15H31N3O.HI/c1-4-16-15(17-9-10-19-5-2)18-12-14-8-6-7-13(3)11-14;/h13-14H,4-12H2,1-3H3,(H2,16,17,18);1H. The molecule has 0 saturated heterocycles. The molecule has 0 bridgehead atoms. The molecule has 0 aromatic rings. The molecule has 2 N–H and O–H groups in total. The van der Waals surface area contributed by atoms with Gasteiger partial charge in [-0.3, -0.25) is 4.99 Å². The van der Waals surface area contributed by atoms with Crippen molar-refractivity contribution in [2.45, 2.75) is 46.5 Å². The Balaban J connectivity index is 0.00000361. The fourth-order valence-corrected chi connectivity index (χ4v) is 2.67. The minimum absolute atomic E-state index is 0. The minimum Gasteiger partial charge on any atom is -0.380 e. The van der Waals surface area contributed by atoms with Gasteiger partial charge in [0, 0.05) is 26.2 Å². The summed E-state index contributed by atoms with van der Waals surface area (Å²) < 4.78 is 5.33. The first-order valence-electron chi connectivity index (χ1n) is 7.86. The number of aliphatic imine (C=N–C) groups is 1. The summed E-state index contributed by atoms with van der Waals surface area (Å²) >= 11 is 0. The van der Waals surface area contributed by atoms with Gasteiger partial charge < -0.3 is 15.4 Å². The molecule has 2 unspecified atom stereocenters. The van der Waals surface area contributed by atoms with Crippen molar-refractivity contribution < 1.29 is 4.74 Å². The summed E-state index contributed by atoms with van der Waals surface area (Å²) in [6.07, 6.45) is 5.44. The topological polar surface area (TPSA) is 45.7 Å². The maximum absolute atomic E-state index is 5.33. The van der Waals surface area contributed by atoms with E-state index < -0.39 is 0 Å². The number of halogens is 1. The lowest BCUT2D eigenvalue weighted by atomic mass is 9.82. The molecule has 5 heteroatoms. The fraction of sp³-hybridized carbons (Fsp3) is 0.933. The van der Waals surface area contributed by atoms with Gasteiger partial charge in [0.05, 0.1) is 6.61 Å². The Morgan fingerprint density at radius 2 is 2.05 bits per heavy atom. The first-order chi connectivity index (χ1) is 9.26. The molecule has 4 nitrogen and oxygen atoms in total. The lowest BCUT2D eigenvalue weighted by Gasteiger charge is -2.25. The first-order valence-corrected chi connectivity index (χ1v) is 7.86. The van der Waals surface area contributed by atoms with Crippen LogP contribution in [0.1, 0.15) is 46.5 Å². The second-order valence-corrected chi connectivity index (χ2v) is 5.48. The SMILES string of the molecule is CCNC(=NCC1CCCC(C)C1)NCCOCC.I. The first kappa shape index (κ1) is 20.0. The molecular formula is C15H32IN3O. The van der Waals surface area contributed by atoms with Gasteiger partial charge >= 0.3 is 0 Å². The summed E-state index contributed by atoms with van der Waals surface area (Å²) in [4.78, 5) is 4.71. The van der Waals surface area contributed by atoms with E-state index in [1.54, 1.807) is 0 Å². The average molecular weight is 397 g/mol. The molecule has 0 aromatic heterocycles. The third-order valence-corrected chi connectivity index (χ3v) is 3.64. The molecule has 0 amide bonds. The highest BCUT2D eigenvalue weighted by Gasteiger charge is 2.18. The summed E-state index contributed by atoms with van der Waals surface area (Å²) in [7, 11) is 0. The molecule has 0 aromatic carbocycles. The highest BCUT2D eigenvalue weighted by Crippen LogP contribution is 2.28. The van der Waals surface area contributed by atoms with Crippen LogP contribution >= 0.6 is 24.0 Å². The summed E-state index contributed by atoms with van der Waals surface area (Å²) in [6.45, 7) is 10.7. The van der Waals surface area contributed by atoms with Crippen LogP contribution in [0.5, 0.6) is 0 Å². The Morgan fingerprint density at radius 1 is 1.25 bits per heavy atom. The predicted octanol–water partition coefficient (Wildman–Crippen LogP) is 3.02. The van der Waals surface area contributed by atoms with Gasteiger partial charge in [0.1, 0.15) is 0 Å². The van der Waals surface area contributed by atoms with Crippen LogP contribution in [0.2, 0.25) is 0 Å². The third-order valence-electron chi connectivity index (χ3n) is 3.64. The number of guanidine groups is 1. The fourth-order valence-electron chi connectivity index (χ4n) is 2.67. The van der Waals surface area contributed by atoms with Crippen LogP contribution in [0.3, 0.4) is 0 Å². The number of rotatable bonds is 7. The van der Waals surface area contributed by atoms with Crippen LogP contribution in [0, 0.1) is 11.8 Å². The normalized spacial score (nSPS) is 23.1. The van der Waals surface area contributed by atoms with Gasteiger partial charge in [-0.15, -0.1) is 24.0 Å². The molecule has 0 radical (unpaired) electrons. The van der Waals surface area contributed by atoms with Gasteiger partial charge in [-0.2, -0.15) is 0 Å². The van der Waals surface area contributed by atoms with Gasteiger partial charge in [0.15, 0.2) is 5.96 Å². The van der Waals surface area contributed by atoms with Crippen LogP contribution in [-0.2, 0) is 4.74 Å². The zero-order valence-electron chi connectivity index (χ0n) is 13.3. The molecule has 20 heavy (non-hydrogen) atoms. The Labute approximate surface area is 141 Å². The number of hydrogen-bond donors (Lipinski definition) is 2. The lowest BCUT2D eigenvalue weighted by Crippen LogP contribution is -2.39. The van der Waals surface area contributed by atoms with Crippen LogP contribution in [0.15, 0.2) is 4.99 Å². The van der Waals surface area contributed by atoms with Crippen LogP contribution < -0.4 is 10.6 Å². The summed E-state index contributed by atoms with van der Waals surface area (Å²) in [5.41, 5.74) is 0. The molecule has 2 atom stereocenters. The smallest absolute Gasteiger partial charge is 0.191 e. The Hall–Kier alpha value is -0.0400. The Morgan fingerprint density at radius 3 is 2.70 bits per heavy atom. The second-order valence-electron chi connectivity index (χ2n) is 5.48. The summed E-state index contributed by atoms with van der Waals surface area (Å²) in [5, 5.41) is 6.61. The number of ether oxygens (including phenoxy) is 1. The number of hydrogen-bond acceptors (Lipinski definition) is 2. The predicted molar refractivity (Wildman–Crippen MR) is 97.0 cm³/mol. The molecule has 120 valence electrons. The third kappa shape index (κ3) is 9.00. The van der Waals surface area contributed by atoms with Gasteiger partial charge in [-0.25, -0.2) is 0 Å². The van der Waals surface area contributed by atoms with Gasteiger partial charge in [-0.05, 0) is 38.5 Å². The van der Waals surface area contributed by atoms with E-state index in [0.29, 0.717) is 0 Å². The summed E-state index contributed by atoms with van der Waals surface area (Å²) in [5.74, 6) is 2.58. The van der Waals surface area contributed by atoms with Crippen molar-refractivity contribution in [3.63, 3.8) is 0 Å². The molecule has 1 rings (SSSR count). The quantitative estimate of drug-likeness (QED) is 0.301. The van der Waals surface area contributed by atoms with Crippen molar-refractivity contribution in [1.29, 1.82) is 0 Å². The monoisotopic (exact) mass is 397 g/mol. The number of nitrogens with zero attached hydrogens (tertiary/aromatic N) is 1. The molecule has 0 heterocycles. The molecule has 1 fully saturated rings. The maximum Gasteiger partial charge on any atom is 0.191 e. The Bertz CT molecular complexity index is 262. The Kier molecular flexibility index (Phi) is 12.7. The van der Waals surface area contributed by atoms with Crippen molar-refractivity contribution in [3.05, 3.63) is 0 Å². The van der Waals surface area contributed by atoms with E-state index in [1.165, 1.54) is 25.7 Å². The van der Waals surface area contributed by atoms with Crippen molar-refractivity contribution in [2.75, 3.05) is 32.8 Å². The average Bonchev–Trinajstić information content (AvgIpc) is 2.41. The molecule has 1 aliphatic carbocycles. The van der Waals surface area contributed by atoms with Crippen LogP contribution in [-0.4, -0.2) is 38.8 Å². The zero-order chi connectivity index (χ0) is 13.9. The van der Waals surface area contributed by atoms with Gasteiger partial charge in [-0.1, -0.05) is 19.8 Å². The molecule has 0 spiro atoms. The van der Waals surface area contributed by atoms with E-state index in [2.05, 4.69) is 24.5 Å². The molecule has 1 aliphatic rings. The zero-order valence-corrected chi connectivity index (χ0v) is 15.6. The van der Waals surface area contributed by atoms with E-state index in [1.807, 2.05) is 6.92 Å². The highest BCUT2D eigenvalue weighted by molar-refractivity contribution is 14.0.